The summed E-state index contributed by atoms with van der Waals surface area (Å²) >= 11 is 1.60. The molecule has 0 bridgehead atoms. The number of fused-ring (bicyclic) bond motifs is 2. The summed E-state index contributed by atoms with van der Waals surface area (Å²) in [6.07, 6.45) is 2.98. The number of aromatic nitrogens is 3. The maximum Gasteiger partial charge on any atom is 0.150 e. The average Bonchev–Trinajstić information content (AvgIpc) is 3.33. The van der Waals surface area contributed by atoms with Crippen molar-refractivity contribution in [3.8, 4) is 0 Å². The van der Waals surface area contributed by atoms with Crippen molar-refractivity contribution in [2.45, 2.75) is 6.42 Å². The van der Waals surface area contributed by atoms with Crippen molar-refractivity contribution in [3.63, 3.8) is 0 Å². The third-order valence-corrected chi connectivity index (χ3v) is 6.07. The Kier molecular flexibility index (Phi) is 4.07. The molecule has 2 aromatic heterocycles. The summed E-state index contributed by atoms with van der Waals surface area (Å²) in [5, 5.41) is 9.60. The van der Waals surface area contributed by atoms with Crippen LogP contribution in [0.4, 0.5) is 5.82 Å². The molecule has 0 spiro atoms. The summed E-state index contributed by atoms with van der Waals surface area (Å²) in [6.45, 7) is 5.40. The Balaban J connectivity index is 1.20. The van der Waals surface area contributed by atoms with E-state index in [2.05, 4.69) is 62.5 Å². The maximum absolute atomic E-state index is 4.70. The monoisotopic (exact) mass is 363 g/mol. The van der Waals surface area contributed by atoms with Crippen LogP contribution in [0.3, 0.4) is 0 Å². The van der Waals surface area contributed by atoms with Gasteiger partial charge in [-0.3, -0.25) is 10.00 Å². The smallest absolute Gasteiger partial charge is 0.150 e. The molecule has 0 aliphatic carbocycles. The van der Waals surface area contributed by atoms with Crippen molar-refractivity contribution in [1.82, 2.24) is 19.5 Å². The third kappa shape index (κ3) is 2.95. The first-order valence-corrected chi connectivity index (χ1v) is 9.88. The minimum absolute atomic E-state index is 1.05. The van der Waals surface area contributed by atoms with E-state index in [1.54, 1.807) is 11.5 Å². The molecular weight excluding hydrogens is 342 g/mol. The van der Waals surface area contributed by atoms with Crippen molar-refractivity contribution in [1.29, 1.82) is 0 Å². The van der Waals surface area contributed by atoms with Gasteiger partial charge in [-0.25, -0.2) is 0 Å². The van der Waals surface area contributed by atoms with Crippen molar-refractivity contribution in [3.05, 3.63) is 54.2 Å². The lowest BCUT2D eigenvalue weighted by molar-refractivity contribution is 0.261. The highest BCUT2D eigenvalue weighted by molar-refractivity contribution is 7.13. The molecule has 0 radical (unpaired) electrons. The average molecular weight is 363 g/mol. The number of hydrogen-bond acceptors (Lipinski definition) is 5. The number of H-pyrrole nitrogens is 1. The van der Waals surface area contributed by atoms with E-state index in [9.17, 15) is 0 Å². The van der Waals surface area contributed by atoms with Crippen LogP contribution in [-0.2, 0) is 6.42 Å². The number of piperazine rings is 1. The fourth-order valence-corrected chi connectivity index (χ4v) is 4.51. The van der Waals surface area contributed by atoms with E-state index in [0.29, 0.717) is 0 Å². The molecule has 1 N–H and O–H groups in total. The van der Waals surface area contributed by atoms with E-state index in [1.165, 1.54) is 21.0 Å². The second kappa shape index (κ2) is 6.70. The first kappa shape index (κ1) is 15.8. The van der Waals surface area contributed by atoms with Gasteiger partial charge in [0.15, 0.2) is 0 Å². The first-order chi connectivity index (χ1) is 12.9. The first-order valence-electron chi connectivity index (χ1n) is 9.10. The van der Waals surface area contributed by atoms with Gasteiger partial charge in [0.05, 0.1) is 16.4 Å². The second-order valence-electron chi connectivity index (χ2n) is 6.87. The Hall–Kier alpha value is -2.44. The van der Waals surface area contributed by atoms with E-state index in [0.717, 1.165) is 50.5 Å². The van der Waals surface area contributed by atoms with Crippen molar-refractivity contribution in [2.24, 2.45) is 0 Å². The zero-order valence-electron chi connectivity index (χ0n) is 14.6. The fraction of sp³-hybridized carbons (Fsp3) is 0.300. The lowest BCUT2D eigenvalue weighted by atomic mass is 10.1. The molecule has 5 nitrogen and oxygen atoms in total. The number of anilines is 1. The van der Waals surface area contributed by atoms with E-state index in [-0.39, 0.29) is 0 Å². The Labute approximate surface area is 156 Å². The highest BCUT2D eigenvalue weighted by Gasteiger charge is 2.20. The molecule has 0 unspecified atom stereocenters. The van der Waals surface area contributed by atoms with Gasteiger partial charge in [0.2, 0.25) is 0 Å². The summed E-state index contributed by atoms with van der Waals surface area (Å²) in [5.74, 6) is 1.16. The quantitative estimate of drug-likeness (QED) is 0.602. The van der Waals surface area contributed by atoms with Crippen LogP contribution in [0.1, 0.15) is 5.56 Å². The SMILES string of the molecule is c1ccc2c(N3CCN(CCc4ccc5[nH]ncc5c4)CC3)nsc2c1. The molecule has 132 valence electrons. The van der Waals surface area contributed by atoms with Crippen LogP contribution in [-0.4, -0.2) is 52.2 Å². The molecule has 1 fully saturated rings. The van der Waals surface area contributed by atoms with Crippen molar-refractivity contribution >= 4 is 38.3 Å². The van der Waals surface area contributed by atoms with Crippen LogP contribution in [0.15, 0.2) is 48.7 Å². The van der Waals surface area contributed by atoms with Gasteiger partial charge in [0.1, 0.15) is 5.82 Å². The molecule has 0 saturated carbocycles. The van der Waals surface area contributed by atoms with Crippen LogP contribution in [0.5, 0.6) is 0 Å². The molecule has 1 saturated heterocycles. The van der Waals surface area contributed by atoms with Crippen LogP contribution in [0.25, 0.3) is 21.0 Å². The van der Waals surface area contributed by atoms with Crippen molar-refractivity contribution < 1.29 is 0 Å². The lowest BCUT2D eigenvalue weighted by Gasteiger charge is -2.35. The summed E-state index contributed by atoms with van der Waals surface area (Å²) in [5.41, 5.74) is 2.49. The summed E-state index contributed by atoms with van der Waals surface area (Å²) in [6, 6.07) is 15.1. The molecule has 0 atom stereocenters. The molecule has 2 aromatic carbocycles. The number of aromatic amines is 1. The molecule has 5 rings (SSSR count). The van der Waals surface area contributed by atoms with Gasteiger partial charge in [-0.05, 0) is 47.8 Å². The predicted molar refractivity (Wildman–Crippen MR) is 108 cm³/mol. The molecule has 0 amide bonds. The van der Waals surface area contributed by atoms with Crippen LogP contribution in [0, 0.1) is 0 Å². The minimum Gasteiger partial charge on any atom is -0.353 e. The molecular formula is C20H21N5S. The van der Waals surface area contributed by atoms with Gasteiger partial charge < -0.3 is 4.90 Å². The Morgan fingerprint density at radius 1 is 1.04 bits per heavy atom. The van der Waals surface area contributed by atoms with E-state index in [4.69, 9.17) is 4.37 Å². The molecule has 26 heavy (non-hydrogen) atoms. The van der Waals surface area contributed by atoms with Gasteiger partial charge in [-0.15, -0.1) is 0 Å². The van der Waals surface area contributed by atoms with Crippen LogP contribution < -0.4 is 4.90 Å². The molecule has 4 aromatic rings. The Morgan fingerprint density at radius 3 is 2.85 bits per heavy atom. The standard InChI is InChI=1S/C20H21N5S/c1-2-4-19-17(3-1)20(23-26-19)25-11-9-24(10-12-25)8-7-15-5-6-18-16(13-15)14-21-22-18/h1-6,13-14H,7-12H2,(H,21,22). The number of rotatable bonds is 4. The van der Waals surface area contributed by atoms with Crippen LogP contribution in [0.2, 0.25) is 0 Å². The predicted octanol–water partition coefficient (Wildman–Crippen LogP) is 3.54. The Bertz CT molecular complexity index is 1030. The number of benzene rings is 2. The zero-order chi connectivity index (χ0) is 17.3. The fourth-order valence-electron chi connectivity index (χ4n) is 3.72. The highest BCUT2D eigenvalue weighted by atomic mass is 32.1. The molecule has 3 heterocycles. The third-order valence-electron chi connectivity index (χ3n) is 5.25. The zero-order valence-corrected chi connectivity index (χ0v) is 15.4. The minimum atomic E-state index is 1.05. The normalized spacial score (nSPS) is 15.9. The van der Waals surface area contributed by atoms with Crippen molar-refractivity contribution in [2.75, 3.05) is 37.6 Å². The second-order valence-corrected chi connectivity index (χ2v) is 7.68. The van der Waals surface area contributed by atoms with Crippen LogP contribution >= 0.6 is 11.5 Å². The van der Waals surface area contributed by atoms with Gasteiger partial charge >= 0.3 is 0 Å². The van der Waals surface area contributed by atoms with Gasteiger partial charge in [0.25, 0.3) is 0 Å². The molecule has 1 aliphatic rings. The van der Waals surface area contributed by atoms with Gasteiger partial charge in [-0.1, -0.05) is 18.2 Å². The summed E-state index contributed by atoms with van der Waals surface area (Å²) < 4.78 is 5.98. The van der Waals surface area contributed by atoms with E-state index < -0.39 is 0 Å². The summed E-state index contributed by atoms with van der Waals surface area (Å²) in [7, 11) is 0. The molecule has 1 aliphatic heterocycles. The maximum atomic E-state index is 4.70. The largest absolute Gasteiger partial charge is 0.353 e. The highest BCUT2D eigenvalue weighted by Crippen LogP contribution is 2.29. The number of nitrogens with one attached hydrogen (secondary N) is 1. The van der Waals surface area contributed by atoms with Gasteiger partial charge in [0, 0.05) is 43.5 Å². The molecule has 6 heteroatoms. The van der Waals surface area contributed by atoms with Gasteiger partial charge in [-0.2, -0.15) is 9.47 Å². The lowest BCUT2D eigenvalue weighted by Crippen LogP contribution is -2.47. The van der Waals surface area contributed by atoms with E-state index in [1.807, 2.05) is 6.20 Å². The Morgan fingerprint density at radius 2 is 1.92 bits per heavy atom. The number of hydrogen-bond donors (Lipinski definition) is 1. The number of nitrogens with zero attached hydrogens (tertiary/aromatic N) is 4. The van der Waals surface area contributed by atoms with E-state index >= 15 is 0 Å². The topological polar surface area (TPSA) is 48.0 Å². The summed E-state index contributed by atoms with van der Waals surface area (Å²) in [4.78, 5) is 5.00.